The number of piperidine rings is 1. The van der Waals surface area contributed by atoms with Crippen LogP contribution >= 0.6 is 0 Å². The summed E-state index contributed by atoms with van der Waals surface area (Å²) in [6.45, 7) is 8.38. The number of rotatable bonds is 5. The molecular weight excluding hydrogens is 324 g/mol. The molecular formula is C21H28N4O. The Kier molecular flexibility index (Phi) is 5.86. The average molecular weight is 352 g/mol. The minimum absolute atomic E-state index is 0.172. The largest absolute Gasteiger partial charge is 0.341 e. The van der Waals surface area contributed by atoms with E-state index in [4.69, 9.17) is 0 Å². The molecule has 0 aliphatic carbocycles. The fourth-order valence-corrected chi connectivity index (χ4v) is 3.42. The topological polar surface area (TPSA) is 58.1 Å². The van der Waals surface area contributed by atoms with Gasteiger partial charge >= 0.3 is 0 Å². The van der Waals surface area contributed by atoms with Crippen LogP contribution in [0.15, 0.2) is 30.5 Å². The number of anilines is 2. The lowest BCUT2D eigenvalue weighted by Gasteiger charge is -2.30. The Morgan fingerprint density at radius 2 is 1.81 bits per heavy atom. The third kappa shape index (κ3) is 4.03. The van der Waals surface area contributed by atoms with Crippen LogP contribution in [0.3, 0.4) is 0 Å². The van der Waals surface area contributed by atoms with Gasteiger partial charge in [0.2, 0.25) is 5.95 Å². The van der Waals surface area contributed by atoms with Gasteiger partial charge in [-0.25, -0.2) is 9.97 Å². The Hall–Kier alpha value is -2.43. The second-order valence-electron chi connectivity index (χ2n) is 7.02. The highest BCUT2D eigenvalue weighted by molar-refractivity contribution is 6.03. The van der Waals surface area contributed by atoms with Crippen LogP contribution in [-0.4, -0.2) is 29.0 Å². The van der Waals surface area contributed by atoms with Gasteiger partial charge in [0.05, 0.1) is 0 Å². The molecule has 0 spiro atoms. The summed E-state index contributed by atoms with van der Waals surface area (Å²) in [4.78, 5) is 23.9. The summed E-state index contributed by atoms with van der Waals surface area (Å²) in [6, 6.07) is 7.86. The second-order valence-corrected chi connectivity index (χ2v) is 7.02. The number of para-hydroxylation sites is 1. The molecule has 138 valence electrons. The van der Waals surface area contributed by atoms with E-state index in [1.54, 1.807) is 12.3 Å². The van der Waals surface area contributed by atoms with Gasteiger partial charge in [-0.3, -0.25) is 4.79 Å². The first-order valence-corrected chi connectivity index (χ1v) is 9.62. The van der Waals surface area contributed by atoms with Crippen molar-refractivity contribution in [1.29, 1.82) is 0 Å². The van der Waals surface area contributed by atoms with Crippen LogP contribution in [-0.2, 0) is 12.8 Å². The number of carbonyl (C=O) groups excluding carboxylic acids is 1. The molecule has 1 fully saturated rings. The van der Waals surface area contributed by atoms with E-state index in [0.29, 0.717) is 11.6 Å². The molecule has 1 amide bonds. The fraction of sp³-hybridized carbons (Fsp3) is 0.476. The molecule has 1 saturated heterocycles. The number of benzene rings is 1. The Bertz CT molecular complexity index is 744. The summed E-state index contributed by atoms with van der Waals surface area (Å²) in [7, 11) is 0. The molecule has 0 atom stereocenters. The molecule has 1 aromatic heterocycles. The fourth-order valence-electron chi connectivity index (χ4n) is 3.42. The number of hydrogen-bond acceptors (Lipinski definition) is 4. The van der Waals surface area contributed by atoms with Crippen molar-refractivity contribution < 1.29 is 4.79 Å². The molecule has 2 heterocycles. The van der Waals surface area contributed by atoms with Crippen molar-refractivity contribution in [2.75, 3.05) is 23.3 Å². The van der Waals surface area contributed by atoms with Crippen LogP contribution in [0.4, 0.5) is 11.6 Å². The molecule has 5 nitrogen and oxygen atoms in total. The monoisotopic (exact) mass is 352 g/mol. The van der Waals surface area contributed by atoms with Crippen LogP contribution in [0, 0.1) is 5.92 Å². The van der Waals surface area contributed by atoms with Crippen molar-refractivity contribution in [3.63, 3.8) is 0 Å². The molecule has 26 heavy (non-hydrogen) atoms. The van der Waals surface area contributed by atoms with E-state index in [0.717, 1.165) is 61.5 Å². The number of amides is 1. The molecule has 1 N–H and O–H groups in total. The molecule has 5 heteroatoms. The lowest BCUT2D eigenvalue weighted by atomic mass is 10.00. The number of hydrogen-bond donors (Lipinski definition) is 1. The molecule has 2 aromatic rings. The summed E-state index contributed by atoms with van der Waals surface area (Å²) in [5.41, 5.74) is 3.64. The first-order valence-electron chi connectivity index (χ1n) is 9.62. The quantitative estimate of drug-likeness (QED) is 0.880. The van der Waals surface area contributed by atoms with Gasteiger partial charge in [-0.1, -0.05) is 39.0 Å². The molecule has 1 aromatic carbocycles. The zero-order valence-electron chi connectivity index (χ0n) is 16.0. The Morgan fingerprint density at radius 1 is 1.15 bits per heavy atom. The van der Waals surface area contributed by atoms with Crippen LogP contribution in [0.1, 0.15) is 55.2 Å². The Morgan fingerprint density at radius 3 is 2.42 bits per heavy atom. The summed E-state index contributed by atoms with van der Waals surface area (Å²) >= 11 is 0. The van der Waals surface area contributed by atoms with Gasteiger partial charge in [-0.15, -0.1) is 0 Å². The lowest BCUT2D eigenvalue weighted by Crippen LogP contribution is -2.34. The van der Waals surface area contributed by atoms with E-state index in [9.17, 15) is 4.79 Å². The predicted octanol–water partition coefficient (Wildman–Crippen LogP) is 4.09. The average Bonchev–Trinajstić information content (AvgIpc) is 2.68. The van der Waals surface area contributed by atoms with E-state index in [2.05, 4.69) is 53.1 Å². The van der Waals surface area contributed by atoms with E-state index >= 15 is 0 Å². The maximum Gasteiger partial charge on any atom is 0.274 e. The predicted molar refractivity (Wildman–Crippen MR) is 106 cm³/mol. The summed E-state index contributed by atoms with van der Waals surface area (Å²) < 4.78 is 0. The van der Waals surface area contributed by atoms with E-state index < -0.39 is 0 Å². The molecule has 0 radical (unpaired) electrons. The SMILES string of the molecule is CCc1cccc(CC)c1NC(=O)c1ccnc(N2CCC(C)CC2)n1. The maximum atomic E-state index is 12.8. The number of carbonyl (C=O) groups is 1. The minimum Gasteiger partial charge on any atom is -0.341 e. The number of nitrogens with zero attached hydrogens (tertiary/aromatic N) is 3. The lowest BCUT2D eigenvalue weighted by molar-refractivity contribution is 0.102. The van der Waals surface area contributed by atoms with Gasteiger partial charge in [-0.05, 0) is 48.8 Å². The third-order valence-electron chi connectivity index (χ3n) is 5.18. The van der Waals surface area contributed by atoms with Gasteiger partial charge in [0.25, 0.3) is 5.91 Å². The molecule has 0 saturated carbocycles. The van der Waals surface area contributed by atoms with Crippen LogP contribution < -0.4 is 10.2 Å². The number of nitrogens with one attached hydrogen (secondary N) is 1. The van der Waals surface area contributed by atoms with E-state index in [-0.39, 0.29) is 5.91 Å². The zero-order chi connectivity index (χ0) is 18.5. The number of aryl methyl sites for hydroxylation is 2. The molecule has 0 unspecified atom stereocenters. The second kappa shape index (κ2) is 8.30. The zero-order valence-corrected chi connectivity index (χ0v) is 16.0. The van der Waals surface area contributed by atoms with Crippen LogP contribution in [0.2, 0.25) is 0 Å². The van der Waals surface area contributed by atoms with Crippen LogP contribution in [0.5, 0.6) is 0 Å². The van der Waals surface area contributed by atoms with Crippen molar-refractivity contribution >= 4 is 17.5 Å². The first kappa shape index (κ1) is 18.4. The van der Waals surface area contributed by atoms with Crippen molar-refractivity contribution in [2.45, 2.75) is 46.5 Å². The highest BCUT2D eigenvalue weighted by atomic mass is 16.1. The van der Waals surface area contributed by atoms with Gasteiger partial charge in [0.15, 0.2) is 0 Å². The van der Waals surface area contributed by atoms with Crippen molar-refractivity contribution in [3.05, 3.63) is 47.3 Å². The smallest absolute Gasteiger partial charge is 0.274 e. The minimum atomic E-state index is -0.172. The summed E-state index contributed by atoms with van der Waals surface area (Å²) in [5, 5.41) is 3.09. The highest BCUT2D eigenvalue weighted by Gasteiger charge is 2.20. The van der Waals surface area contributed by atoms with Gasteiger partial charge in [-0.2, -0.15) is 0 Å². The van der Waals surface area contributed by atoms with Crippen molar-refractivity contribution in [2.24, 2.45) is 5.92 Å². The molecule has 1 aliphatic heterocycles. The number of aromatic nitrogens is 2. The van der Waals surface area contributed by atoms with Gasteiger partial charge in [0.1, 0.15) is 5.69 Å². The molecule has 1 aliphatic rings. The van der Waals surface area contributed by atoms with Gasteiger partial charge in [0, 0.05) is 25.0 Å². The highest BCUT2D eigenvalue weighted by Crippen LogP contribution is 2.24. The molecule has 3 rings (SSSR count). The van der Waals surface area contributed by atoms with E-state index in [1.807, 2.05) is 6.07 Å². The summed E-state index contributed by atoms with van der Waals surface area (Å²) in [5.74, 6) is 1.23. The summed E-state index contributed by atoms with van der Waals surface area (Å²) in [6.07, 6.45) is 5.73. The van der Waals surface area contributed by atoms with Gasteiger partial charge < -0.3 is 10.2 Å². The normalized spacial score (nSPS) is 15.1. The van der Waals surface area contributed by atoms with Crippen molar-refractivity contribution in [1.82, 2.24) is 9.97 Å². The standard InChI is InChI=1S/C21H28N4O/c1-4-16-7-6-8-17(5-2)19(16)24-20(26)18-9-12-22-21(23-18)25-13-10-15(3)11-14-25/h6-9,12,15H,4-5,10-11,13-14H2,1-3H3,(H,24,26). The third-order valence-corrected chi connectivity index (χ3v) is 5.18. The van der Waals surface area contributed by atoms with Crippen LogP contribution in [0.25, 0.3) is 0 Å². The van der Waals surface area contributed by atoms with E-state index in [1.165, 1.54) is 0 Å². The van der Waals surface area contributed by atoms with Crippen molar-refractivity contribution in [3.8, 4) is 0 Å². The Balaban J connectivity index is 1.80. The Labute approximate surface area is 155 Å². The molecule has 0 bridgehead atoms. The maximum absolute atomic E-state index is 12.8. The first-order chi connectivity index (χ1) is 12.6.